The number of alkyl halides is 1. The van der Waals surface area contributed by atoms with E-state index in [0.29, 0.717) is 4.83 Å². The molecule has 5 heteroatoms. The molecule has 15 heavy (non-hydrogen) atoms. The van der Waals surface area contributed by atoms with Crippen LogP contribution in [0.3, 0.4) is 0 Å². The van der Waals surface area contributed by atoms with E-state index in [9.17, 15) is 0 Å². The summed E-state index contributed by atoms with van der Waals surface area (Å²) < 4.78 is 2.12. The lowest BCUT2D eigenvalue weighted by atomic mass is 10.0. The Labute approximate surface area is 105 Å². The van der Waals surface area contributed by atoms with Gasteiger partial charge in [0.2, 0.25) is 0 Å². The average molecular weight is 303 g/mol. The van der Waals surface area contributed by atoms with Crippen LogP contribution in [0.4, 0.5) is 0 Å². The highest BCUT2D eigenvalue weighted by molar-refractivity contribution is 9.09. The molecule has 3 heterocycles. The first kappa shape index (κ1) is 10.2. The smallest absolute Gasteiger partial charge is 0.193 e. The second-order valence-corrected chi connectivity index (χ2v) is 6.97. The number of hydrogen-bond acceptors (Lipinski definition) is 3. The first-order valence-corrected chi connectivity index (χ1v) is 7.91. The van der Waals surface area contributed by atoms with Crippen molar-refractivity contribution in [2.45, 2.75) is 11.2 Å². The van der Waals surface area contributed by atoms with Crippen LogP contribution in [-0.4, -0.2) is 25.7 Å². The van der Waals surface area contributed by atoms with Crippen LogP contribution < -0.4 is 0 Å². The Kier molecular flexibility index (Phi) is 2.79. The minimum atomic E-state index is 0.669. The van der Waals surface area contributed by atoms with Crippen LogP contribution >= 0.6 is 39.0 Å². The lowest BCUT2D eigenvalue weighted by molar-refractivity contribution is 0.608. The summed E-state index contributed by atoms with van der Waals surface area (Å²) in [4.78, 5) is 6.40. The van der Waals surface area contributed by atoms with E-state index in [1.165, 1.54) is 17.2 Å². The van der Waals surface area contributed by atoms with E-state index < -0.39 is 0 Å². The van der Waals surface area contributed by atoms with Crippen molar-refractivity contribution in [1.82, 2.24) is 9.38 Å². The van der Waals surface area contributed by atoms with Crippen LogP contribution in [0.15, 0.2) is 17.8 Å². The molecule has 2 aromatic rings. The largest absolute Gasteiger partial charge is 0.297 e. The lowest BCUT2D eigenvalue weighted by Crippen LogP contribution is -2.14. The number of fused-ring (bicyclic) bond motifs is 1. The van der Waals surface area contributed by atoms with Crippen LogP contribution in [0.2, 0.25) is 0 Å². The van der Waals surface area contributed by atoms with Gasteiger partial charge in [0, 0.05) is 28.4 Å². The van der Waals surface area contributed by atoms with Crippen molar-refractivity contribution in [2.75, 3.05) is 11.5 Å². The van der Waals surface area contributed by atoms with E-state index in [-0.39, 0.29) is 0 Å². The minimum Gasteiger partial charge on any atom is -0.297 e. The van der Waals surface area contributed by atoms with Crippen molar-refractivity contribution in [3.8, 4) is 0 Å². The van der Waals surface area contributed by atoms with E-state index >= 15 is 0 Å². The van der Waals surface area contributed by atoms with Crippen molar-refractivity contribution in [3.05, 3.63) is 23.5 Å². The van der Waals surface area contributed by atoms with Crippen LogP contribution in [0, 0.1) is 5.92 Å². The third-order valence-corrected chi connectivity index (χ3v) is 6.26. The van der Waals surface area contributed by atoms with Crippen LogP contribution in [0.5, 0.6) is 0 Å². The Balaban J connectivity index is 1.80. The number of aromatic nitrogens is 2. The second-order valence-electron chi connectivity index (χ2n) is 3.84. The van der Waals surface area contributed by atoms with Gasteiger partial charge < -0.3 is 0 Å². The summed E-state index contributed by atoms with van der Waals surface area (Å²) in [6, 6.07) is 0. The molecule has 1 aliphatic heterocycles. The third-order valence-electron chi connectivity index (χ3n) is 2.73. The molecule has 0 saturated carbocycles. The van der Waals surface area contributed by atoms with Crippen molar-refractivity contribution in [1.29, 1.82) is 0 Å². The maximum Gasteiger partial charge on any atom is 0.193 e. The fraction of sp³-hybridized carbons (Fsp3) is 0.500. The van der Waals surface area contributed by atoms with Gasteiger partial charge in [0.05, 0.1) is 5.69 Å². The van der Waals surface area contributed by atoms with Crippen LogP contribution in [0.25, 0.3) is 4.96 Å². The summed E-state index contributed by atoms with van der Waals surface area (Å²) in [6.07, 6.45) is 5.34. The first-order valence-electron chi connectivity index (χ1n) is 4.96. The molecule has 2 atom stereocenters. The lowest BCUT2D eigenvalue weighted by Gasteiger charge is -2.10. The van der Waals surface area contributed by atoms with E-state index in [0.717, 1.165) is 17.3 Å². The fourth-order valence-corrected chi connectivity index (χ4v) is 5.09. The van der Waals surface area contributed by atoms with Crippen molar-refractivity contribution < 1.29 is 0 Å². The molecule has 0 N–H and O–H groups in total. The van der Waals surface area contributed by atoms with Gasteiger partial charge in [-0.25, -0.2) is 4.98 Å². The monoisotopic (exact) mass is 302 g/mol. The Bertz CT molecular complexity index is 436. The Morgan fingerprint density at radius 1 is 1.53 bits per heavy atom. The Morgan fingerprint density at radius 3 is 3.20 bits per heavy atom. The summed E-state index contributed by atoms with van der Waals surface area (Å²) in [5.74, 6) is 3.26. The summed E-state index contributed by atoms with van der Waals surface area (Å²) in [7, 11) is 0. The zero-order valence-corrected chi connectivity index (χ0v) is 11.3. The minimum absolute atomic E-state index is 0.669. The number of imidazole rings is 1. The fourth-order valence-electron chi connectivity index (χ4n) is 1.90. The molecule has 1 fully saturated rings. The third kappa shape index (κ3) is 1.97. The topological polar surface area (TPSA) is 17.3 Å². The van der Waals surface area contributed by atoms with Gasteiger partial charge in [-0.15, -0.1) is 11.3 Å². The average Bonchev–Trinajstić information content (AvgIpc) is 2.83. The molecule has 0 radical (unpaired) electrons. The molecule has 2 aromatic heterocycles. The Morgan fingerprint density at radius 2 is 2.47 bits per heavy atom. The van der Waals surface area contributed by atoms with Crippen molar-refractivity contribution in [2.24, 2.45) is 5.92 Å². The van der Waals surface area contributed by atoms with Crippen LogP contribution in [-0.2, 0) is 6.42 Å². The SMILES string of the molecule is BrC1CSCC1Cc1cn2ccsc2n1. The highest BCUT2D eigenvalue weighted by atomic mass is 79.9. The number of rotatable bonds is 2. The molecular weight excluding hydrogens is 292 g/mol. The van der Waals surface area contributed by atoms with Gasteiger partial charge in [-0.1, -0.05) is 15.9 Å². The van der Waals surface area contributed by atoms with Gasteiger partial charge in [-0.3, -0.25) is 4.40 Å². The quantitative estimate of drug-likeness (QED) is 0.793. The second kappa shape index (κ2) is 4.11. The van der Waals surface area contributed by atoms with Crippen molar-refractivity contribution >= 4 is 44.0 Å². The normalized spacial score (nSPS) is 26.5. The molecule has 0 bridgehead atoms. The van der Waals surface area contributed by atoms with Gasteiger partial charge in [-0.05, 0) is 18.1 Å². The zero-order chi connectivity index (χ0) is 10.3. The number of hydrogen-bond donors (Lipinski definition) is 0. The number of thiazole rings is 1. The molecule has 0 aromatic carbocycles. The van der Waals surface area contributed by atoms with E-state index in [1.54, 1.807) is 11.3 Å². The Hall–Kier alpha value is -0.0000000000000000555. The molecule has 3 rings (SSSR count). The summed E-state index contributed by atoms with van der Waals surface area (Å²) in [5, 5.41) is 2.07. The van der Waals surface area contributed by atoms with Gasteiger partial charge in [0.15, 0.2) is 4.96 Å². The molecule has 80 valence electrons. The molecule has 0 aliphatic carbocycles. The predicted molar refractivity (Wildman–Crippen MR) is 70.3 cm³/mol. The van der Waals surface area contributed by atoms with Gasteiger partial charge in [0.25, 0.3) is 0 Å². The number of nitrogens with zero attached hydrogens (tertiary/aromatic N) is 2. The van der Waals surface area contributed by atoms with Gasteiger partial charge in [-0.2, -0.15) is 11.8 Å². The van der Waals surface area contributed by atoms with E-state index in [2.05, 4.69) is 43.1 Å². The molecule has 2 nitrogen and oxygen atoms in total. The maximum absolute atomic E-state index is 4.62. The number of halogens is 1. The van der Waals surface area contributed by atoms with E-state index in [4.69, 9.17) is 0 Å². The van der Waals surface area contributed by atoms with E-state index in [1.807, 2.05) is 11.8 Å². The summed E-state index contributed by atoms with van der Waals surface area (Å²) >= 11 is 7.49. The van der Waals surface area contributed by atoms with Gasteiger partial charge >= 0.3 is 0 Å². The summed E-state index contributed by atoms with van der Waals surface area (Å²) in [6.45, 7) is 0. The molecule has 1 aliphatic rings. The highest BCUT2D eigenvalue weighted by Crippen LogP contribution is 2.32. The van der Waals surface area contributed by atoms with Gasteiger partial charge in [0.1, 0.15) is 0 Å². The highest BCUT2D eigenvalue weighted by Gasteiger charge is 2.26. The molecule has 0 spiro atoms. The van der Waals surface area contributed by atoms with Crippen molar-refractivity contribution in [3.63, 3.8) is 0 Å². The standard InChI is InChI=1S/C10H11BrN2S2/c11-9-6-14-5-7(9)3-8-4-13-1-2-15-10(13)12-8/h1-2,4,7,9H,3,5-6H2. The van der Waals surface area contributed by atoms with Crippen LogP contribution in [0.1, 0.15) is 5.69 Å². The molecule has 0 amide bonds. The first-order chi connectivity index (χ1) is 7.33. The molecular formula is C10H11BrN2S2. The molecule has 2 unspecified atom stereocenters. The maximum atomic E-state index is 4.62. The predicted octanol–water partition coefficient (Wildman–Crippen LogP) is 3.06. The number of thioether (sulfide) groups is 1. The molecule has 1 saturated heterocycles. The summed E-state index contributed by atoms with van der Waals surface area (Å²) in [5.41, 5.74) is 1.24. The zero-order valence-electron chi connectivity index (χ0n) is 8.10.